The summed E-state index contributed by atoms with van der Waals surface area (Å²) in [6.45, 7) is 4.74. The Morgan fingerprint density at radius 3 is 1.19 bits per heavy atom. The SMILES string of the molecule is COCCOc1nc(N)c2nc(Br)n(Cc3ccc(C#N)cc3)c2n1.COCCOc1nc(N)c2nc(OC)n(Cc3ccc(C(=O)O)cc3)c2n1.COCCOc1nc(N)c2ncn(Cc3ccc(C#N)cc3)c2n1.Clc1nc(Cl)c2[nH]cnc2n1.N#Cc1ccc(Cn2cnc3c(Cl)nc(Cl)nc32)cc1.N#Cc1ccc(Cn2cnc3c(N)nc(Cl)nc32)cc1. The molecule has 10 N–H and O–H groups in total. The lowest BCUT2D eigenvalue weighted by molar-refractivity contribution is 0.0696. The molecule has 127 heavy (non-hydrogen) atoms. The molecule has 17 rings (SSSR count). The molecular formula is C80H68BrCl5N32O9. The number of nitriles is 4. The molecule has 41 nitrogen and oxygen atoms in total. The fourth-order valence-electron chi connectivity index (χ4n) is 11.6. The zero-order chi connectivity index (χ0) is 90.2. The number of imidazole rings is 6. The van der Waals surface area contributed by atoms with Crippen LogP contribution in [0, 0.1) is 45.3 Å². The number of hydrogen-bond acceptors (Lipinski definition) is 34. The molecule has 0 atom stereocenters. The number of aromatic carboxylic acids is 1. The van der Waals surface area contributed by atoms with E-state index in [1.165, 1.54) is 25.6 Å². The van der Waals surface area contributed by atoms with Gasteiger partial charge >= 0.3 is 24.0 Å². The Balaban J connectivity index is 0.000000140. The number of carboxylic acids is 1. The third kappa shape index (κ3) is 23.5. The van der Waals surface area contributed by atoms with E-state index in [-0.39, 0.29) is 79.6 Å². The van der Waals surface area contributed by atoms with Crippen molar-refractivity contribution in [2.75, 3.05) is 91.0 Å². The van der Waals surface area contributed by atoms with Gasteiger partial charge in [0.2, 0.25) is 15.9 Å². The van der Waals surface area contributed by atoms with Crippen LogP contribution in [0.3, 0.4) is 0 Å². The van der Waals surface area contributed by atoms with Crippen LogP contribution in [0.5, 0.6) is 24.0 Å². The average Bonchev–Trinajstić information content (AvgIpc) is 1.64. The molecule has 0 aliphatic carbocycles. The highest BCUT2D eigenvalue weighted by Gasteiger charge is 2.22. The number of benzene rings is 5. The van der Waals surface area contributed by atoms with E-state index in [4.69, 9.17) is 140 Å². The maximum atomic E-state index is 11.0. The van der Waals surface area contributed by atoms with Gasteiger partial charge < -0.3 is 79.9 Å². The fourth-order valence-corrected chi connectivity index (χ4v) is 13.1. The van der Waals surface area contributed by atoms with Crippen LogP contribution in [0.2, 0.25) is 26.2 Å². The molecule has 0 radical (unpaired) electrons. The van der Waals surface area contributed by atoms with Gasteiger partial charge in [0.05, 0.1) is 137 Å². The molecule has 12 heterocycles. The molecule has 0 aliphatic rings. The molecule has 0 saturated heterocycles. The zero-order valence-corrected chi connectivity index (χ0v) is 72.4. The number of nitrogens with one attached hydrogen (secondary N) is 1. The lowest BCUT2D eigenvalue weighted by Crippen LogP contribution is -2.09. The minimum absolute atomic E-state index is 0.0871. The van der Waals surface area contributed by atoms with Gasteiger partial charge in [0.15, 0.2) is 88.7 Å². The van der Waals surface area contributed by atoms with Crippen molar-refractivity contribution in [2.24, 2.45) is 0 Å². The topological polar surface area (TPSA) is 574 Å². The van der Waals surface area contributed by atoms with Crippen LogP contribution >= 0.6 is 73.9 Å². The Bertz CT molecular complexity index is 6780. The number of ether oxygens (including phenoxy) is 7. The first-order valence-electron chi connectivity index (χ1n) is 37.1. The number of carbonyl (C=O) groups is 1. The van der Waals surface area contributed by atoms with Crippen LogP contribution in [0.4, 0.5) is 23.3 Å². The highest BCUT2D eigenvalue weighted by atomic mass is 79.9. The minimum Gasteiger partial charge on any atom is -0.478 e. The number of carboxylic acid groups (broad SMARTS) is 1. The number of fused-ring (bicyclic) bond motifs is 6. The second-order valence-electron chi connectivity index (χ2n) is 26.1. The van der Waals surface area contributed by atoms with Gasteiger partial charge in [-0.05, 0) is 139 Å². The van der Waals surface area contributed by atoms with E-state index >= 15 is 0 Å². The van der Waals surface area contributed by atoms with Crippen molar-refractivity contribution in [3.05, 3.63) is 233 Å². The number of nitrogens with two attached hydrogens (primary N) is 4. The smallest absolute Gasteiger partial charge is 0.335 e. The molecule has 0 amide bonds. The van der Waals surface area contributed by atoms with Gasteiger partial charge in [-0.2, -0.15) is 75.9 Å². The summed E-state index contributed by atoms with van der Waals surface area (Å²) in [5, 5.41) is 45.1. The molecule has 0 fully saturated rings. The molecule has 644 valence electrons. The normalized spacial score (nSPS) is 10.7. The number of hydrogen-bond donors (Lipinski definition) is 6. The minimum atomic E-state index is -0.981. The van der Waals surface area contributed by atoms with Gasteiger partial charge in [-0.3, -0.25) is 9.13 Å². The first-order chi connectivity index (χ1) is 61.5. The van der Waals surface area contributed by atoms with Crippen molar-refractivity contribution in [2.45, 2.75) is 32.7 Å². The maximum Gasteiger partial charge on any atom is 0.335 e. The summed E-state index contributed by atoms with van der Waals surface area (Å²) >= 11 is 32.2. The second-order valence-corrected chi connectivity index (χ2v) is 28.6. The summed E-state index contributed by atoms with van der Waals surface area (Å²) in [6, 6.07) is 44.9. The Kier molecular flexibility index (Phi) is 31.2. The number of aromatic amines is 1. The summed E-state index contributed by atoms with van der Waals surface area (Å²) < 4.78 is 46.2. The van der Waals surface area contributed by atoms with Gasteiger partial charge in [0.1, 0.15) is 36.4 Å². The van der Waals surface area contributed by atoms with Crippen LogP contribution in [0.25, 0.3) is 67.0 Å². The van der Waals surface area contributed by atoms with Gasteiger partial charge in [-0.25, -0.2) is 39.7 Å². The molecule has 12 aromatic heterocycles. The Morgan fingerprint density at radius 1 is 0.402 bits per heavy atom. The third-order valence-corrected chi connectivity index (χ3v) is 19.3. The number of nitrogen functional groups attached to an aromatic ring is 4. The predicted octanol–water partition coefficient (Wildman–Crippen LogP) is 11.4. The number of anilines is 4. The molecule has 0 bridgehead atoms. The molecule has 0 unspecified atom stereocenters. The fraction of sp³-hybridized carbons (Fsp3) is 0.188. The first-order valence-corrected chi connectivity index (χ1v) is 39.7. The van der Waals surface area contributed by atoms with E-state index in [1.807, 2.05) is 66.8 Å². The van der Waals surface area contributed by atoms with Crippen molar-refractivity contribution < 1.29 is 43.1 Å². The van der Waals surface area contributed by atoms with Crippen LogP contribution < -0.4 is 41.9 Å². The predicted molar refractivity (Wildman–Crippen MR) is 471 cm³/mol. The zero-order valence-electron chi connectivity index (χ0n) is 67.0. The van der Waals surface area contributed by atoms with E-state index in [0.717, 1.165) is 27.8 Å². The Labute approximate surface area is 752 Å². The molecule has 0 spiro atoms. The van der Waals surface area contributed by atoms with Gasteiger partial charge in [-0.15, -0.1) is 0 Å². The third-order valence-electron chi connectivity index (χ3n) is 17.7. The van der Waals surface area contributed by atoms with Crippen LogP contribution in [-0.4, -0.2) is 197 Å². The summed E-state index contributed by atoms with van der Waals surface area (Å²) in [6.07, 6.45) is 6.43. The highest BCUT2D eigenvalue weighted by molar-refractivity contribution is 9.10. The van der Waals surface area contributed by atoms with E-state index in [9.17, 15) is 4.79 Å². The molecule has 5 aromatic carbocycles. The summed E-state index contributed by atoms with van der Waals surface area (Å²) in [5.41, 5.74) is 37.6. The van der Waals surface area contributed by atoms with Crippen LogP contribution in [0.15, 0.2) is 151 Å². The molecule has 47 heteroatoms. The number of methoxy groups -OCH3 is 4. The highest BCUT2D eigenvalue weighted by Crippen LogP contribution is 2.30. The summed E-state index contributed by atoms with van der Waals surface area (Å²) in [4.78, 5) is 88.0. The van der Waals surface area contributed by atoms with Crippen molar-refractivity contribution in [1.82, 2.24) is 118 Å². The number of aromatic nitrogens is 24. The molecule has 0 aliphatic heterocycles. The van der Waals surface area contributed by atoms with E-state index in [2.05, 4.69) is 135 Å². The van der Waals surface area contributed by atoms with Crippen molar-refractivity contribution in [3.63, 3.8) is 0 Å². The quantitative estimate of drug-likeness (QED) is 0.0142. The van der Waals surface area contributed by atoms with Gasteiger partial charge in [-0.1, -0.05) is 83.9 Å². The average molecular weight is 1880 g/mol. The number of H-pyrrole nitrogens is 1. The standard InChI is InChI=1S/C17H19N5O5.C16H15BrN6O2.C16H16N6O2.C13H7Cl2N5.C13H9ClN6.C5H2Cl2N4/c1-25-7-8-27-16-20-13(18)12-14(21-16)22(17(19-12)26-2)9-10-3-5-11(6-4-10)15(23)24;1-24-6-7-25-16-21-13(19)12-14(22-16)23(15(17)20-12)9-11-4-2-10(8-18)3-5-11;1-23-6-7-24-16-20-14(18)13-15(21-16)22(10-19-13)9-12-4-2-11(8-17)3-5-12;14-11-10-12(19-13(15)18-11)20(7-17-10)6-9-3-1-8(5-16)2-4-9;14-13-18-11(16)10-12(19-13)20(7-17-10)6-9-3-1-8(5-15)2-4-9;6-3-2-4(9-1-8-2)11-5(7)10-3/h3-6H,7-9H2,1-2H3,(H,23,24)(H2,18,20,21);2-5H,6-7,9H2,1H3,(H2,19,21,22);2-5,10H,6-7,9H2,1H3,(H2,18,20,21);1-4,7H,6H2;1-4,7H,6H2,(H2,16,18,19);1H,(H,8,9,10,11). The van der Waals surface area contributed by atoms with Gasteiger partial charge in [0, 0.05) is 21.3 Å². The number of halogens is 6. The van der Waals surface area contributed by atoms with Gasteiger partial charge in [0.25, 0.3) is 6.01 Å². The monoisotopic (exact) mass is 1870 g/mol. The first kappa shape index (κ1) is 91.3. The van der Waals surface area contributed by atoms with E-state index in [0.29, 0.717) is 166 Å². The van der Waals surface area contributed by atoms with E-state index in [1.54, 1.807) is 106 Å². The lowest BCUT2D eigenvalue weighted by Gasteiger charge is -2.09. The van der Waals surface area contributed by atoms with E-state index < -0.39 is 5.97 Å². The molecule has 17 aromatic rings. The number of rotatable bonds is 24. The molecular weight excluding hydrogens is 1810 g/mol. The van der Waals surface area contributed by atoms with Crippen molar-refractivity contribution in [3.8, 4) is 48.3 Å². The summed E-state index contributed by atoms with van der Waals surface area (Å²) in [7, 11) is 6.24. The largest absolute Gasteiger partial charge is 0.478 e. The van der Waals surface area contributed by atoms with Crippen molar-refractivity contribution >= 4 is 170 Å². The maximum absolute atomic E-state index is 11.0. The molecule has 0 saturated carbocycles. The lowest BCUT2D eigenvalue weighted by atomic mass is 10.1. The Morgan fingerprint density at radius 2 is 0.756 bits per heavy atom. The van der Waals surface area contributed by atoms with Crippen LogP contribution in [-0.2, 0) is 46.9 Å². The van der Waals surface area contributed by atoms with Crippen LogP contribution in [0.1, 0.15) is 60.4 Å². The number of nitrogens with zero attached hydrogens (tertiary/aromatic N) is 27. The summed E-state index contributed by atoms with van der Waals surface area (Å²) in [5.74, 6) is -0.0301. The Hall–Kier alpha value is -15.0. The second kappa shape index (κ2) is 43.4. The van der Waals surface area contributed by atoms with Crippen molar-refractivity contribution in [1.29, 1.82) is 21.0 Å².